The maximum Gasteiger partial charge on any atom is 0.299 e. The van der Waals surface area contributed by atoms with E-state index in [1.54, 1.807) is 6.07 Å². The highest BCUT2D eigenvalue weighted by Crippen LogP contribution is 2.33. The number of anilines is 1. The van der Waals surface area contributed by atoms with Crippen LogP contribution in [0.25, 0.3) is 0 Å². The summed E-state index contributed by atoms with van der Waals surface area (Å²) in [6.45, 7) is -0.109. The van der Waals surface area contributed by atoms with E-state index < -0.39 is 22.4 Å². The molecule has 1 heterocycles. The van der Waals surface area contributed by atoms with Gasteiger partial charge in [-0.2, -0.15) is 0 Å². The maximum absolute atomic E-state index is 13.7. The Morgan fingerprint density at radius 2 is 1.86 bits per heavy atom. The number of carbonyl (C=O) groups excluding carboxylic acids is 2. The van der Waals surface area contributed by atoms with Gasteiger partial charge >= 0.3 is 0 Å². The van der Waals surface area contributed by atoms with Gasteiger partial charge in [0.1, 0.15) is 5.82 Å². The van der Waals surface area contributed by atoms with Crippen molar-refractivity contribution in [3.63, 3.8) is 0 Å². The first kappa shape index (κ1) is 13.9. The highest BCUT2D eigenvalue weighted by atomic mass is 19.1. The number of fused-ring (bicyclic) bond motifs is 1. The predicted molar refractivity (Wildman–Crippen MR) is 75.0 cm³/mol. The molecule has 0 radical (unpaired) electrons. The Morgan fingerprint density at radius 3 is 2.55 bits per heavy atom. The molecule has 0 unspecified atom stereocenters. The summed E-state index contributed by atoms with van der Waals surface area (Å²) in [6.07, 6.45) is 0. The molecule has 0 aromatic heterocycles. The Kier molecular flexibility index (Phi) is 3.17. The SMILES string of the molecule is O=C1C(=O)N(Cc2ccccc2F)c2ccc([N+](=O)[O-])cc21. The van der Waals surface area contributed by atoms with Crippen LogP contribution in [0.5, 0.6) is 0 Å². The minimum atomic E-state index is -0.824. The van der Waals surface area contributed by atoms with E-state index in [1.165, 1.54) is 30.3 Å². The van der Waals surface area contributed by atoms with Crippen LogP contribution < -0.4 is 4.90 Å². The van der Waals surface area contributed by atoms with E-state index in [1.807, 2.05) is 0 Å². The van der Waals surface area contributed by atoms with Crippen LogP contribution in [0.4, 0.5) is 15.8 Å². The molecule has 0 bridgehead atoms. The average molecular weight is 300 g/mol. The van der Waals surface area contributed by atoms with Crippen LogP contribution in [0.2, 0.25) is 0 Å². The van der Waals surface area contributed by atoms with E-state index in [0.29, 0.717) is 0 Å². The van der Waals surface area contributed by atoms with Gasteiger partial charge in [0.05, 0.1) is 22.7 Å². The van der Waals surface area contributed by atoms with E-state index in [2.05, 4.69) is 0 Å². The monoisotopic (exact) mass is 300 g/mol. The summed E-state index contributed by atoms with van der Waals surface area (Å²) in [5, 5.41) is 10.8. The molecule has 1 aliphatic rings. The first-order chi connectivity index (χ1) is 10.5. The summed E-state index contributed by atoms with van der Waals surface area (Å²) in [5.74, 6) is -2.13. The molecule has 0 N–H and O–H groups in total. The van der Waals surface area contributed by atoms with Gasteiger partial charge in [0.15, 0.2) is 0 Å². The third-order valence-electron chi connectivity index (χ3n) is 3.45. The molecule has 2 aromatic carbocycles. The minimum absolute atomic E-state index is 0.0319. The lowest BCUT2D eigenvalue weighted by molar-refractivity contribution is -0.384. The fourth-order valence-corrected chi connectivity index (χ4v) is 2.36. The van der Waals surface area contributed by atoms with E-state index >= 15 is 0 Å². The standard InChI is InChI=1S/C15H9FN2O4/c16-12-4-2-1-3-9(12)8-17-13-6-5-10(18(21)22)7-11(13)14(19)15(17)20/h1-7H,8H2. The van der Waals surface area contributed by atoms with Crippen LogP contribution in [-0.4, -0.2) is 16.6 Å². The fraction of sp³-hybridized carbons (Fsp3) is 0.0667. The van der Waals surface area contributed by atoms with Crippen molar-refractivity contribution in [2.75, 3.05) is 4.90 Å². The number of non-ortho nitro benzene ring substituents is 1. The number of nitrogens with zero attached hydrogens (tertiary/aromatic N) is 2. The Bertz CT molecular complexity index is 819. The van der Waals surface area contributed by atoms with E-state index in [4.69, 9.17) is 0 Å². The summed E-state index contributed by atoms with van der Waals surface area (Å²) in [5.41, 5.74) is 0.210. The summed E-state index contributed by atoms with van der Waals surface area (Å²) >= 11 is 0. The van der Waals surface area contributed by atoms with Crippen molar-refractivity contribution < 1.29 is 18.9 Å². The van der Waals surface area contributed by atoms with Gasteiger partial charge in [-0.25, -0.2) is 4.39 Å². The smallest absolute Gasteiger partial charge is 0.299 e. The molecule has 0 fully saturated rings. The van der Waals surface area contributed by atoms with Crippen molar-refractivity contribution in [1.82, 2.24) is 0 Å². The summed E-state index contributed by atoms with van der Waals surface area (Å²) < 4.78 is 13.7. The number of nitro benzene ring substituents is 1. The van der Waals surface area contributed by atoms with Gasteiger partial charge in [0.25, 0.3) is 17.4 Å². The van der Waals surface area contributed by atoms with Crippen molar-refractivity contribution in [2.45, 2.75) is 6.54 Å². The number of nitro groups is 1. The largest absolute Gasteiger partial charge is 0.300 e. The topological polar surface area (TPSA) is 80.5 Å². The Labute approximate surface area is 123 Å². The van der Waals surface area contributed by atoms with Crippen molar-refractivity contribution in [3.8, 4) is 0 Å². The first-order valence-corrected chi connectivity index (χ1v) is 6.37. The number of ketones is 1. The maximum atomic E-state index is 13.7. The molecule has 0 saturated carbocycles. The van der Waals surface area contributed by atoms with Crippen molar-refractivity contribution in [2.24, 2.45) is 0 Å². The fourth-order valence-electron chi connectivity index (χ4n) is 2.36. The number of halogens is 1. The number of benzene rings is 2. The zero-order valence-corrected chi connectivity index (χ0v) is 11.2. The second-order valence-corrected chi connectivity index (χ2v) is 4.77. The van der Waals surface area contributed by atoms with E-state index in [-0.39, 0.29) is 29.0 Å². The minimum Gasteiger partial charge on any atom is -0.300 e. The van der Waals surface area contributed by atoms with Gasteiger partial charge in [-0.05, 0) is 12.1 Å². The van der Waals surface area contributed by atoms with Crippen LogP contribution >= 0.6 is 0 Å². The highest BCUT2D eigenvalue weighted by Gasteiger charge is 2.37. The number of rotatable bonds is 3. The van der Waals surface area contributed by atoms with E-state index in [9.17, 15) is 24.1 Å². The van der Waals surface area contributed by atoms with Crippen molar-refractivity contribution in [3.05, 3.63) is 69.5 Å². The number of hydrogen-bond acceptors (Lipinski definition) is 4. The van der Waals surface area contributed by atoms with Crippen LogP contribution in [0.3, 0.4) is 0 Å². The summed E-state index contributed by atoms with van der Waals surface area (Å²) in [6, 6.07) is 9.52. The van der Waals surface area contributed by atoms with Crippen LogP contribution in [0, 0.1) is 15.9 Å². The van der Waals surface area contributed by atoms with Gasteiger partial charge in [0, 0.05) is 17.7 Å². The zero-order valence-electron chi connectivity index (χ0n) is 11.2. The van der Waals surface area contributed by atoms with Gasteiger partial charge in [0.2, 0.25) is 0 Å². The van der Waals surface area contributed by atoms with Gasteiger partial charge in [-0.1, -0.05) is 18.2 Å². The lowest BCUT2D eigenvalue weighted by atomic mass is 10.1. The molecule has 0 aliphatic carbocycles. The molecule has 1 amide bonds. The Hall–Kier alpha value is -3.09. The molecule has 110 valence electrons. The summed E-state index contributed by atoms with van der Waals surface area (Å²) in [7, 11) is 0. The second kappa shape index (κ2) is 5.03. The second-order valence-electron chi connectivity index (χ2n) is 4.77. The molecule has 0 saturated heterocycles. The normalized spacial score (nSPS) is 13.4. The average Bonchev–Trinajstić information content (AvgIpc) is 2.74. The van der Waals surface area contributed by atoms with Gasteiger partial charge in [-0.15, -0.1) is 0 Å². The lowest BCUT2D eigenvalue weighted by Crippen LogP contribution is -2.29. The molecule has 3 rings (SSSR count). The Balaban J connectivity index is 2.02. The summed E-state index contributed by atoms with van der Waals surface area (Å²) in [4.78, 5) is 35.2. The molecule has 22 heavy (non-hydrogen) atoms. The van der Waals surface area contributed by atoms with Crippen LogP contribution in [0.15, 0.2) is 42.5 Å². The third-order valence-corrected chi connectivity index (χ3v) is 3.45. The molecule has 7 heteroatoms. The zero-order chi connectivity index (χ0) is 15.9. The molecule has 6 nitrogen and oxygen atoms in total. The first-order valence-electron chi connectivity index (χ1n) is 6.37. The van der Waals surface area contributed by atoms with Gasteiger partial charge in [-0.3, -0.25) is 19.7 Å². The number of amides is 1. The number of Topliss-reactive ketones (excluding diaryl/α,β-unsaturated/α-hetero) is 1. The molecule has 1 aliphatic heterocycles. The molecular weight excluding hydrogens is 291 g/mol. The highest BCUT2D eigenvalue weighted by molar-refractivity contribution is 6.52. The van der Waals surface area contributed by atoms with Crippen molar-refractivity contribution in [1.29, 1.82) is 0 Å². The van der Waals surface area contributed by atoms with E-state index in [0.717, 1.165) is 11.0 Å². The number of hydrogen-bond donors (Lipinski definition) is 0. The Morgan fingerprint density at radius 1 is 1.14 bits per heavy atom. The van der Waals surface area contributed by atoms with Crippen molar-refractivity contribution >= 4 is 23.1 Å². The number of carbonyl (C=O) groups is 2. The predicted octanol–water partition coefficient (Wildman–Crippen LogP) is 2.46. The molecule has 0 atom stereocenters. The lowest BCUT2D eigenvalue weighted by Gasteiger charge is -2.16. The third kappa shape index (κ3) is 2.12. The molecule has 0 spiro atoms. The van der Waals surface area contributed by atoms with Crippen LogP contribution in [-0.2, 0) is 11.3 Å². The quantitative estimate of drug-likeness (QED) is 0.495. The molecule has 2 aromatic rings. The molecular formula is C15H9FN2O4. The van der Waals surface area contributed by atoms with Gasteiger partial charge < -0.3 is 4.90 Å². The van der Waals surface area contributed by atoms with Crippen LogP contribution in [0.1, 0.15) is 15.9 Å².